The van der Waals surface area contributed by atoms with E-state index in [1.54, 1.807) is 0 Å². The van der Waals surface area contributed by atoms with Crippen molar-refractivity contribution in [3.05, 3.63) is 54.1 Å². The van der Waals surface area contributed by atoms with E-state index in [0.717, 1.165) is 50.7 Å². The molecule has 5 heteroatoms. The molecule has 0 aliphatic carbocycles. The fraction of sp³-hybridized carbons (Fsp3) is 0.438. The number of nitrogens with zero attached hydrogens (tertiary/aromatic N) is 3. The zero-order valence-electron chi connectivity index (χ0n) is 12.2. The lowest BCUT2D eigenvalue weighted by Gasteiger charge is -2.27. The van der Waals surface area contributed by atoms with E-state index in [0.29, 0.717) is 0 Å². The second-order valence-corrected chi connectivity index (χ2v) is 5.35. The van der Waals surface area contributed by atoms with Crippen molar-refractivity contribution in [3.8, 4) is 0 Å². The molecule has 1 aliphatic heterocycles. The molecular formula is C16H22N4O. The van der Waals surface area contributed by atoms with Gasteiger partial charge in [-0.15, -0.1) is 0 Å². The van der Waals surface area contributed by atoms with Crippen molar-refractivity contribution >= 4 is 0 Å². The predicted octanol–water partition coefficient (Wildman–Crippen LogP) is 1.26. The van der Waals surface area contributed by atoms with E-state index in [2.05, 4.69) is 26.6 Å². The van der Waals surface area contributed by atoms with Crippen LogP contribution in [0, 0.1) is 0 Å². The summed E-state index contributed by atoms with van der Waals surface area (Å²) in [4.78, 5) is 6.69. The number of hydrogen-bond acceptors (Lipinski definition) is 4. The molecular weight excluding hydrogens is 264 g/mol. The van der Waals surface area contributed by atoms with E-state index in [9.17, 15) is 0 Å². The van der Waals surface area contributed by atoms with Crippen LogP contribution in [0.5, 0.6) is 0 Å². The van der Waals surface area contributed by atoms with Crippen LogP contribution in [0.1, 0.15) is 17.3 Å². The lowest BCUT2D eigenvalue weighted by Crippen LogP contribution is -2.38. The molecule has 2 heterocycles. The molecule has 0 radical (unpaired) electrons. The van der Waals surface area contributed by atoms with Gasteiger partial charge in [-0.25, -0.2) is 4.98 Å². The Balaban J connectivity index is 1.66. The van der Waals surface area contributed by atoms with E-state index in [1.807, 2.05) is 30.7 Å². The van der Waals surface area contributed by atoms with Gasteiger partial charge in [0.25, 0.3) is 0 Å². The number of morpholine rings is 1. The third-order valence-electron chi connectivity index (χ3n) is 3.98. The molecule has 1 unspecified atom stereocenters. The number of ether oxygens (including phenoxy) is 1. The standard InChI is InChI=1S/C16H22N4O/c17-16(14-4-2-1-3-5-14)15-12-18-13-20(15)7-6-19-8-10-21-11-9-19/h1-5,12-13,16H,6-11,17H2. The Morgan fingerprint density at radius 3 is 2.67 bits per heavy atom. The van der Waals surface area contributed by atoms with Gasteiger partial charge < -0.3 is 15.0 Å². The van der Waals surface area contributed by atoms with Gasteiger partial charge in [0.05, 0.1) is 37.5 Å². The van der Waals surface area contributed by atoms with Crippen molar-refractivity contribution in [2.45, 2.75) is 12.6 Å². The predicted molar refractivity (Wildman–Crippen MR) is 82.0 cm³/mol. The fourth-order valence-electron chi connectivity index (χ4n) is 2.68. The van der Waals surface area contributed by atoms with Crippen LogP contribution in [0.2, 0.25) is 0 Å². The number of benzene rings is 1. The van der Waals surface area contributed by atoms with Crippen LogP contribution in [0.4, 0.5) is 0 Å². The first-order chi connectivity index (χ1) is 10.3. The maximum atomic E-state index is 6.38. The molecule has 1 fully saturated rings. The van der Waals surface area contributed by atoms with Crippen LogP contribution in [0.15, 0.2) is 42.9 Å². The topological polar surface area (TPSA) is 56.3 Å². The highest BCUT2D eigenvalue weighted by Gasteiger charge is 2.15. The van der Waals surface area contributed by atoms with Gasteiger partial charge in [0, 0.05) is 26.2 Å². The summed E-state index contributed by atoms with van der Waals surface area (Å²) < 4.78 is 7.54. The number of nitrogens with two attached hydrogens (primary N) is 1. The molecule has 1 saturated heterocycles. The van der Waals surface area contributed by atoms with Crippen LogP contribution in [-0.4, -0.2) is 47.3 Å². The first kappa shape index (κ1) is 14.3. The molecule has 112 valence electrons. The maximum Gasteiger partial charge on any atom is 0.0949 e. The van der Waals surface area contributed by atoms with Gasteiger partial charge in [-0.2, -0.15) is 0 Å². The molecule has 0 spiro atoms. The van der Waals surface area contributed by atoms with E-state index >= 15 is 0 Å². The normalized spacial score (nSPS) is 17.8. The van der Waals surface area contributed by atoms with Crippen molar-refractivity contribution in [2.24, 2.45) is 5.73 Å². The van der Waals surface area contributed by atoms with Crippen LogP contribution in [0.25, 0.3) is 0 Å². The van der Waals surface area contributed by atoms with E-state index < -0.39 is 0 Å². The molecule has 1 aromatic carbocycles. The number of hydrogen-bond donors (Lipinski definition) is 1. The summed E-state index contributed by atoms with van der Waals surface area (Å²) in [5.41, 5.74) is 8.56. The van der Waals surface area contributed by atoms with Crippen molar-refractivity contribution in [2.75, 3.05) is 32.8 Å². The lowest BCUT2D eigenvalue weighted by atomic mass is 10.1. The number of rotatable bonds is 5. The van der Waals surface area contributed by atoms with Gasteiger partial charge in [0.2, 0.25) is 0 Å². The number of aromatic nitrogens is 2. The van der Waals surface area contributed by atoms with Crippen LogP contribution >= 0.6 is 0 Å². The van der Waals surface area contributed by atoms with Crippen LogP contribution in [0.3, 0.4) is 0 Å². The quantitative estimate of drug-likeness (QED) is 0.899. The monoisotopic (exact) mass is 286 g/mol. The maximum absolute atomic E-state index is 6.38. The summed E-state index contributed by atoms with van der Waals surface area (Å²) in [6.07, 6.45) is 3.75. The molecule has 0 amide bonds. The van der Waals surface area contributed by atoms with Gasteiger partial charge in [-0.1, -0.05) is 30.3 Å². The summed E-state index contributed by atoms with van der Waals surface area (Å²) in [5.74, 6) is 0. The molecule has 2 N–H and O–H groups in total. The molecule has 0 bridgehead atoms. The van der Waals surface area contributed by atoms with Gasteiger partial charge >= 0.3 is 0 Å². The Morgan fingerprint density at radius 1 is 1.14 bits per heavy atom. The summed E-state index contributed by atoms with van der Waals surface area (Å²) >= 11 is 0. The molecule has 1 aliphatic rings. The first-order valence-electron chi connectivity index (χ1n) is 7.45. The Hall–Kier alpha value is -1.69. The average Bonchev–Trinajstić information content (AvgIpc) is 3.02. The van der Waals surface area contributed by atoms with Gasteiger partial charge in [-0.05, 0) is 5.56 Å². The Labute approximate surface area is 125 Å². The second kappa shape index (κ2) is 6.85. The second-order valence-electron chi connectivity index (χ2n) is 5.35. The molecule has 21 heavy (non-hydrogen) atoms. The smallest absolute Gasteiger partial charge is 0.0949 e. The van der Waals surface area contributed by atoms with E-state index in [-0.39, 0.29) is 6.04 Å². The first-order valence-corrected chi connectivity index (χ1v) is 7.45. The molecule has 5 nitrogen and oxygen atoms in total. The van der Waals surface area contributed by atoms with Crippen molar-refractivity contribution in [1.82, 2.24) is 14.5 Å². The fourth-order valence-corrected chi connectivity index (χ4v) is 2.68. The SMILES string of the molecule is NC(c1ccccc1)c1cncn1CCN1CCOCC1. The van der Waals surface area contributed by atoms with Gasteiger partial charge in [0.1, 0.15) is 0 Å². The highest BCUT2D eigenvalue weighted by molar-refractivity contribution is 5.26. The highest BCUT2D eigenvalue weighted by atomic mass is 16.5. The highest BCUT2D eigenvalue weighted by Crippen LogP contribution is 2.18. The summed E-state index contributed by atoms with van der Waals surface area (Å²) in [7, 11) is 0. The summed E-state index contributed by atoms with van der Waals surface area (Å²) in [5, 5.41) is 0. The Morgan fingerprint density at radius 2 is 1.90 bits per heavy atom. The zero-order chi connectivity index (χ0) is 14.5. The van der Waals surface area contributed by atoms with E-state index in [1.165, 1.54) is 0 Å². The Bertz CT molecular complexity index is 548. The zero-order valence-corrected chi connectivity index (χ0v) is 12.2. The molecule has 1 atom stereocenters. The van der Waals surface area contributed by atoms with Crippen LogP contribution in [-0.2, 0) is 11.3 Å². The molecule has 1 aromatic heterocycles. The lowest BCUT2D eigenvalue weighted by molar-refractivity contribution is 0.0363. The van der Waals surface area contributed by atoms with Crippen molar-refractivity contribution in [3.63, 3.8) is 0 Å². The molecule has 0 saturated carbocycles. The largest absolute Gasteiger partial charge is 0.379 e. The van der Waals surface area contributed by atoms with Gasteiger partial charge in [0.15, 0.2) is 0 Å². The van der Waals surface area contributed by atoms with Crippen molar-refractivity contribution < 1.29 is 4.74 Å². The summed E-state index contributed by atoms with van der Waals surface area (Å²) in [6, 6.07) is 10.0. The summed E-state index contributed by atoms with van der Waals surface area (Å²) in [6.45, 7) is 5.61. The van der Waals surface area contributed by atoms with E-state index in [4.69, 9.17) is 10.5 Å². The van der Waals surface area contributed by atoms with Crippen molar-refractivity contribution in [1.29, 1.82) is 0 Å². The minimum Gasteiger partial charge on any atom is -0.379 e. The minimum atomic E-state index is -0.126. The van der Waals surface area contributed by atoms with Crippen LogP contribution < -0.4 is 5.73 Å². The molecule has 3 rings (SSSR count). The third-order valence-corrected chi connectivity index (χ3v) is 3.98. The number of imidazole rings is 1. The van der Waals surface area contributed by atoms with Gasteiger partial charge in [-0.3, -0.25) is 4.90 Å². The minimum absolute atomic E-state index is 0.126. The third kappa shape index (κ3) is 3.50. The average molecular weight is 286 g/mol. The Kier molecular flexibility index (Phi) is 4.65. The molecule has 2 aromatic rings.